The molecule has 3 rings (SSSR count). The third-order valence-corrected chi connectivity index (χ3v) is 5.86. The van der Waals surface area contributed by atoms with Gasteiger partial charge in [0, 0.05) is 12.6 Å². The molecule has 0 radical (unpaired) electrons. The Morgan fingerprint density at radius 3 is 2.23 bits per heavy atom. The number of nitrogens with zero attached hydrogens (tertiary/aromatic N) is 1. The molecular weight excluding hydrogens is 379 g/mol. The smallest absolute Gasteiger partial charge is 0.242 e. The van der Waals surface area contributed by atoms with E-state index in [1.807, 2.05) is 31.2 Å². The number of hydrogen-bond acceptors (Lipinski definition) is 2. The van der Waals surface area contributed by atoms with Gasteiger partial charge in [-0.3, -0.25) is 9.59 Å². The van der Waals surface area contributed by atoms with Gasteiger partial charge in [-0.2, -0.15) is 0 Å². The van der Waals surface area contributed by atoms with E-state index in [4.69, 9.17) is 0 Å². The SMILES string of the molecule is Cc1ccc(CN(C(=O)Cc2ccc(F)cc2)C(C)C(=O)NC2CCCCC2)cc1. The van der Waals surface area contributed by atoms with Crippen LogP contribution < -0.4 is 5.32 Å². The third-order valence-electron chi connectivity index (χ3n) is 5.86. The molecule has 1 fully saturated rings. The van der Waals surface area contributed by atoms with E-state index in [2.05, 4.69) is 5.32 Å². The van der Waals surface area contributed by atoms with Crippen molar-refractivity contribution in [1.29, 1.82) is 0 Å². The van der Waals surface area contributed by atoms with Gasteiger partial charge in [0.1, 0.15) is 11.9 Å². The lowest BCUT2D eigenvalue weighted by atomic mass is 9.95. The first-order valence-corrected chi connectivity index (χ1v) is 10.8. The minimum Gasteiger partial charge on any atom is -0.352 e. The zero-order valence-electron chi connectivity index (χ0n) is 17.9. The average Bonchev–Trinajstić information content (AvgIpc) is 2.75. The third kappa shape index (κ3) is 6.15. The molecule has 1 N–H and O–H groups in total. The zero-order chi connectivity index (χ0) is 21.5. The Morgan fingerprint density at radius 2 is 1.60 bits per heavy atom. The van der Waals surface area contributed by atoms with E-state index in [1.165, 1.54) is 18.6 Å². The molecule has 5 heteroatoms. The highest BCUT2D eigenvalue weighted by atomic mass is 19.1. The quantitative estimate of drug-likeness (QED) is 0.728. The normalized spacial score (nSPS) is 15.4. The highest BCUT2D eigenvalue weighted by Gasteiger charge is 2.28. The molecule has 0 aliphatic heterocycles. The second kappa shape index (κ2) is 10.4. The van der Waals surface area contributed by atoms with Crippen LogP contribution in [0.5, 0.6) is 0 Å². The van der Waals surface area contributed by atoms with Gasteiger partial charge in [-0.25, -0.2) is 4.39 Å². The Hall–Kier alpha value is -2.69. The van der Waals surface area contributed by atoms with E-state index in [-0.39, 0.29) is 30.1 Å². The van der Waals surface area contributed by atoms with Crippen LogP contribution in [0.25, 0.3) is 0 Å². The van der Waals surface area contributed by atoms with Crippen molar-refractivity contribution < 1.29 is 14.0 Å². The molecule has 2 aromatic rings. The summed E-state index contributed by atoms with van der Waals surface area (Å²) in [6, 6.07) is 13.5. The molecule has 2 amide bonds. The molecule has 0 aromatic heterocycles. The van der Waals surface area contributed by atoms with Crippen LogP contribution in [0.15, 0.2) is 48.5 Å². The Bertz CT molecular complexity index is 842. The molecule has 2 aromatic carbocycles. The van der Waals surface area contributed by atoms with Crippen LogP contribution >= 0.6 is 0 Å². The summed E-state index contributed by atoms with van der Waals surface area (Å²) in [5, 5.41) is 3.14. The first kappa shape index (κ1) is 22.0. The van der Waals surface area contributed by atoms with Gasteiger partial charge in [-0.1, -0.05) is 61.2 Å². The number of halogens is 1. The van der Waals surface area contributed by atoms with Gasteiger partial charge in [0.25, 0.3) is 0 Å². The van der Waals surface area contributed by atoms with E-state index < -0.39 is 6.04 Å². The Balaban J connectivity index is 1.74. The maximum Gasteiger partial charge on any atom is 0.242 e. The fourth-order valence-corrected chi connectivity index (χ4v) is 3.92. The second-order valence-electron chi connectivity index (χ2n) is 8.33. The van der Waals surface area contributed by atoms with E-state index in [0.29, 0.717) is 6.54 Å². The summed E-state index contributed by atoms with van der Waals surface area (Å²) in [7, 11) is 0. The second-order valence-corrected chi connectivity index (χ2v) is 8.33. The number of carbonyl (C=O) groups is 2. The lowest BCUT2D eigenvalue weighted by Gasteiger charge is -2.31. The molecule has 1 unspecified atom stereocenters. The van der Waals surface area contributed by atoms with Gasteiger partial charge in [0.05, 0.1) is 6.42 Å². The molecule has 0 heterocycles. The number of aryl methyl sites for hydroxylation is 1. The maximum absolute atomic E-state index is 13.2. The summed E-state index contributed by atoms with van der Waals surface area (Å²) in [4.78, 5) is 27.7. The molecule has 4 nitrogen and oxygen atoms in total. The first-order valence-electron chi connectivity index (χ1n) is 10.8. The Kier molecular flexibility index (Phi) is 7.61. The van der Waals surface area contributed by atoms with Crippen molar-refractivity contribution in [2.24, 2.45) is 0 Å². The lowest BCUT2D eigenvalue weighted by molar-refractivity contribution is -0.140. The fraction of sp³-hybridized carbons (Fsp3) is 0.440. The zero-order valence-corrected chi connectivity index (χ0v) is 17.9. The summed E-state index contributed by atoms with van der Waals surface area (Å²) >= 11 is 0. The molecule has 1 aliphatic carbocycles. The molecule has 1 saturated carbocycles. The standard InChI is InChI=1S/C25H31FN2O2/c1-18-8-10-21(11-9-18)17-28(24(29)16-20-12-14-22(26)15-13-20)19(2)25(30)27-23-6-4-3-5-7-23/h8-15,19,23H,3-7,16-17H2,1-2H3,(H,27,30). The van der Waals surface area contributed by atoms with Crippen LogP contribution in [-0.4, -0.2) is 28.8 Å². The molecule has 1 atom stereocenters. The van der Waals surface area contributed by atoms with Gasteiger partial charge in [0.15, 0.2) is 0 Å². The summed E-state index contributed by atoms with van der Waals surface area (Å²) in [6.45, 7) is 4.16. The molecule has 0 bridgehead atoms. The topological polar surface area (TPSA) is 49.4 Å². The summed E-state index contributed by atoms with van der Waals surface area (Å²) in [5.74, 6) is -0.585. The minimum absolute atomic E-state index is 0.110. The van der Waals surface area contributed by atoms with Crippen molar-refractivity contribution in [2.75, 3.05) is 0 Å². The van der Waals surface area contributed by atoms with Gasteiger partial charge >= 0.3 is 0 Å². The van der Waals surface area contributed by atoms with Crippen molar-refractivity contribution in [3.8, 4) is 0 Å². The van der Waals surface area contributed by atoms with Gasteiger partial charge in [0.2, 0.25) is 11.8 Å². The molecule has 1 aliphatic rings. The molecule has 0 spiro atoms. The van der Waals surface area contributed by atoms with Gasteiger partial charge in [-0.05, 0) is 49.9 Å². The minimum atomic E-state index is -0.582. The van der Waals surface area contributed by atoms with E-state index in [1.54, 1.807) is 24.0 Å². The van der Waals surface area contributed by atoms with Crippen molar-refractivity contribution in [2.45, 2.75) is 71.0 Å². The van der Waals surface area contributed by atoms with Crippen LogP contribution in [0, 0.1) is 12.7 Å². The monoisotopic (exact) mass is 410 g/mol. The van der Waals surface area contributed by atoms with Crippen molar-refractivity contribution in [3.05, 3.63) is 71.0 Å². The number of amides is 2. The Morgan fingerprint density at radius 1 is 1.00 bits per heavy atom. The molecule has 160 valence electrons. The highest BCUT2D eigenvalue weighted by molar-refractivity contribution is 5.88. The summed E-state index contributed by atoms with van der Waals surface area (Å²) < 4.78 is 13.2. The van der Waals surface area contributed by atoms with Gasteiger partial charge < -0.3 is 10.2 Å². The van der Waals surface area contributed by atoms with Gasteiger partial charge in [-0.15, -0.1) is 0 Å². The first-order chi connectivity index (χ1) is 14.4. The lowest BCUT2D eigenvalue weighted by Crippen LogP contribution is -2.50. The van der Waals surface area contributed by atoms with Crippen LogP contribution in [0.3, 0.4) is 0 Å². The van der Waals surface area contributed by atoms with Crippen LogP contribution in [0.1, 0.15) is 55.7 Å². The summed E-state index contributed by atoms with van der Waals surface area (Å²) in [5.41, 5.74) is 2.85. The fourth-order valence-electron chi connectivity index (χ4n) is 3.92. The largest absolute Gasteiger partial charge is 0.352 e. The highest BCUT2D eigenvalue weighted by Crippen LogP contribution is 2.19. The van der Waals surface area contributed by atoms with Crippen molar-refractivity contribution in [3.63, 3.8) is 0 Å². The maximum atomic E-state index is 13.2. The van der Waals surface area contributed by atoms with E-state index in [9.17, 15) is 14.0 Å². The molecule has 30 heavy (non-hydrogen) atoms. The van der Waals surface area contributed by atoms with Crippen LogP contribution in [0.4, 0.5) is 4.39 Å². The molecular formula is C25H31FN2O2. The predicted octanol–water partition coefficient (Wildman–Crippen LogP) is 4.54. The van der Waals surface area contributed by atoms with Crippen molar-refractivity contribution in [1.82, 2.24) is 10.2 Å². The number of benzene rings is 2. The number of nitrogens with one attached hydrogen (secondary N) is 1. The average molecular weight is 411 g/mol. The van der Waals surface area contributed by atoms with Crippen LogP contribution in [-0.2, 0) is 22.6 Å². The number of carbonyl (C=O) groups excluding carboxylic acids is 2. The van der Waals surface area contributed by atoms with E-state index in [0.717, 1.165) is 42.4 Å². The van der Waals surface area contributed by atoms with Crippen molar-refractivity contribution >= 4 is 11.8 Å². The summed E-state index contributed by atoms with van der Waals surface area (Å²) in [6.07, 6.45) is 5.62. The molecule has 0 saturated heterocycles. The van der Waals surface area contributed by atoms with E-state index >= 15 is 0 Å². The number of rotatable bonds is 7. The predicted molar refractivity (Wildman–Crippen MR) is 116 cm³/mol. The van der Waals surface area contributed by atoms with Crippen LogP contribution in [0.2, 0.25) is 0 Å². The number of hydrogen-bond donors (Lipinski definition) is 1. The Labute approximate surface area is 178 Å².